The van der Waals surface area contributed by atoms with Crippen molar-refractivity contribution in [2.24, 2.45) is 0 Å². The van der Waals surface area contributed by atoms with Crippen molar-refractivity contribution in [3.05, 3.63) is 35.3 Å². The first-order chi connectivity index (χ1) is 5.43. The van der Waals surface area contributed by atoms with Gasteiger partial charge in [0.15, 0.2) is 0 Å². The van der Waals surface area contributed by atoms with Gasteiger partial charge < -0.3 is 0 Å². The molecule has 0 saturated carbocycles. The summed E-state index contributed by atoms with van der Waals surface area (Å²) in [6.45, 7) is 2.21. The number of hydrogen-bond donors (Lipinski definition) is 0. The fourth-order valence-corrected chi connectivity index (χ4v) is 1.79. The normalized spacial score (nSPS) is 29.0. The molecule has 0 spiro atoms. The van der Waals surface area contributed by atoms with Gasteiger partial charge in [-0.15, -0.1) is 11.8 Å². The number of rotatable bonds is 1. The van der Waals surface area contributed by atoms with Gasteiger partial charge in [-0.1, -0.05) is 37.3 Å². The first-order valence-electron chi connectivity index (χ1n) is 4.07. The Morgan fingerprint density at radius 1 is 1.36 bits per heavy atom. The van der Waals surface area contributed by atoms with Gasteiger partial charge in [0.2, 0.25) is 0 Å². The highest BCUT2D eigenvalue weighted by Gasteiger charge is 1.92. The van der Waals surface area contributed by atoms with Gasteiger partial charge in [-0.25, -0.2) is 0 Å². The highest BCUT2D eigenvalue weighted by atomic mass is 32.2. The molecular weight excluding hydrogens is 152 g/mol. The standard InChI is InChI=1S/C10H14S/c1-2-10-8-6-4-3-5-7-9-11-10/h3-5,7-8H,2,6,9H2,1H3/b4-3-,7-5-,10-8-. The molecule has 0 bridgehead atoms. The zero-order valence-electron chi connectivity index (χ0n) is 6.92. The number of thioether (sulfide) groups is 1. The summed E-state index contributed by atoms with van der Waals surface area (Å²) in [6.07, 6.45) is 13.2. The van der Waals surface area contributed by atoms with Crippen LogP contribution >= 0.6 is 11.8 Å². The summed E-state index contributed by atoms with van der Waals surface area (Å²) in [5, 5.41) is 0. The molecule has 0 fully saturated rings. The second-order valence-electron chi connectivity index (χ2n) is 2.43. The molecule has 60 valence electrons. The second-order valence-corrected chi connectivity index (χ2v) is 3.57. The second kappa shape index (κ2) is 5.25. The van der Waals surface area contributed by atoms with Crippen molar-refractivity contribution >= 4 is 11.8 Å². The third-order valence-electron chi connectivity index (χ3n) is 1.58. The van der Waals surface area contributed by atoms with Crippen LogP contribution in [-0.2, 0) is 0 Å². The Labute approximate surface area is 73.1 Å². The quantitative estimate of drug-likeness (QED) is 0.574. The van der Waals surface area contributed by atoms with E-state index in [1.807, 2.05) is 11.8 Å². The SMILES string of the molecule is CC/C1=C/C/C=C\C=C/CS1. The Kier molecular flexibility index (Phi) is 4.14. The van der Waals surface area contributed by atoms with E-state index in [0.717, 1.165) is 12.2 Å². The van der Waals surface area contributed by atoms with Gasteiger partial charge in [-0.2, -0.15) is 0 Å². The first kappa shape index (κ1) is 8.66. The van der Waals surface area contributed by atoms with Gasteiger partial charge in [0.1, 0.15) is 0 Å². The lowest BCUT2D eigenvalue weighted by molar-refractivity contribution is 1.17. The van der Waals surface area contributed by atoms with Crippen LogP contribution in [0.25, 0.3) is 0 Å². The molecule has 1 rings (SSSR count). The molecule has 1 aliphatic rings. The summed E-state index contributed by atoms with van der Waals surface area (Å²) in [6, 6.07) is 0. The highest BCUT2D eigenvalue weighted by molar-refractivity contribution is 8.03. The minimum absolute atomic E-state index is 1.08. The fourth-order valence-electron chi connectivity index (χ4n) is 0.951. The topological polar surface area (TPSA) is 0 Å². The summed E-state index contributed by atoms with van der Waals surface area (Å²) < 4.78 is 0. The Hall–Kier alpha value is -0.430. The van der Waals surface area contributed by atoms with E-state index in [4.69, 9.17) is 0 Å². The largest absolute Gasteiger partial charge is 0.127 e. The summed E-state index contributed by atoms with van der Waals surface area (Å²) in [5.41, 5.74) is 0. The molecule has 1 heteroatoms. The van der Waals surface area contributed by atoms with E-state index in [9.17, 15) is 0 Å². The molecule has 11 heavy (non-hydrogen) atoms. The average Bonchev–Trinajstić information content (AvgIpc) is 2.16. The smallest absolute Gasteiger partial charge is 0.0160 e. The van der Waals surface area contributed by atoms with Crippen LogP contribution in [0.4, 0.5) is 0 Å². The molecule has 1 aliphatic heterocycles. The maximum Gasteiger partial charge on any atom is 0.0160 e. The van der Waals surface area contributed by atoms with Crippen molar-refractivity contribution < 1.29 is 0 Å². The molecule has 0 unspecified atom stereocenters. The molecule has 0 saturated heterocycles. The fraction of sp³-hybridized carbons (Fsp3) is 0.400. The summed E-state index contributed by atoms with van der Waals surface area (Å²) >= 11 is 1.94. The van der Waals surface area contributed by atoms with Gasteiger partial charge in [0, 0.05) is 5.75 Å². The minimum atomic E-state index is 1.08. The Morgan fingerprint density at radius 2 is 2.18 bits per heavy atom. The van der Waals surface area contributed by atoms with Crippen LogP contribution in [-0.4, -0.2) is 5.75 Å². The van der Waals surface area contributed by atoms with Gasteiger partial charge in [0.25, 0.3) is 0 Å². The van der Waals surface area contributed by atoms with E-state index in [0.29, 0.717) is 0 Å². The van der Waals surface area contributed by atoms with Crippen molar-refractivity contribution in [1.82, 2.24) is 0 Å². The predicted molar refractivity (Wildman–Crippen MR) is 53.7 cm³/mol. The lowest BCUT2D eigenvalue weighted by Crippen LogP contribution is -1.75. The summed E-state index contributed by atoms with van der Waals surface area (Å²) in [7, 11) is 0. The van der Waals surface area contributed by atoms with Crippen molar-refractivity contribution in [2.75, 3.05) is 5.75 Å². The molecule has 0 aromatic carbocycles. The van der Waals surface area contributed by atoms with Crippen LogP contribution in [0, 0.1) is 0 Å². The van der Waals surface area contributed by atoms with Gasteiger partial charge in [-0.3, -0.25) is 0 Å². The average molecular weight is 166 g/mol. The molecule has 0 atom stereocenters. The van der Waals surface area contributed by atoms with E-state index in [-0.39, 0.29) is 0 Å². The Morgan fingerprint density at radius 3 is 3.00 bits per heavy atom. The van der Waals surface area contributed by atoms with E-state index >= 15 is 0 Å². The minimum Gasteiger partial charge on any atom is -0.127 e. The number of hydrogen-bond acceptors (Lipinski definition) is 1. The molecule has 0 aromatic heterocycles. The molecule has 0 amide bonds. The van der Waals surface area contributed by atoms with Crippen molar-refractivity contribution in [3.8, 4) is 0 Å². The third kappa shape index (κ3) is 3.47. The Balaban J connectivity index is 2.54. The zero-order valence-corrected chi connectivity index (χ0v) is 7.73. The summed E-state index contributed by atoms with van der Waals surface area (Å²) in [5.74, 6) is 1.12. The molecule has 0 nitrogen and oxygen atoms in total. The molecule has 0 N–H and O–H groups in total. The van der Waals surface area contributed by atoms with Gasteiger partial charge in [-0.05, 0) is 17.7 Å². The summed E-state index contributed by atoms with van der Waals surface area (Å²) in [4.78, 5) is 1.52. The Bertz CT molecular complexity index is 187. The maximum absolute atomic E-state index is 2.31. The third-order valence-corrected chi connectivity index (χ3v) is 2.76. The molecule has 0 radical (unpaired) electrons. The first-order valence-corrected chi connectivity index (χ1v) is 5.05. The number of allylic oxidation sites excluding steroid dienone is 5. The maximum atomic E-state index is 2.31. The molecule has 0 aliphatic carbocycles. The molecule has 0 aromatic rings. The lowest BCUT2D eigenvalue weighted by Gasteiger charge is -1.99. The van der Waals surface area contributed by atoms with Crippen LogP contribution in [0.2, 0.25) is 0 Å². The van der Waals surface area contributed by atoms with E-state index < -0.39 is 0 Å². The van der Waals surface area contributed by atoms with Gasteiger partial charge >= 0.3 is 0 Å². The van der Waals surface area contributed by atoms with E-state index in [1.54, 1.807) is 0 Å². The zero-order chi connectivity index (χ0) is 7.94. The van der Waals surface area contributed by atoms with Crippen molar-refractivity contribution in [1.29, 1.82) is 0 Å². The van der Waals surface area contributed by atoms with Crippen LogP contribution in [0.1, 0.15) is 19.8 Å². The van der Waals surface area contributed by atoms with Crippen LogP contribution < -0.4 is 0 Å². The van der Waals surface area contributed by atoms with E-state index in [1.165, 1.54) is 11.3 Å². The molecule has 1 heterocycles. The highest BCUT2D eigenvalue weighted by Crippen LogP contribution is 2.20. The molecular formula is C10H14S. The van der Waals surface area contributed by atoms with Crippen LogP contribution in [0.15, 0.2) is 35.3 Å². The monoisotopic (exact) mass is 166 g/mol. The van der Waals surface area contributed by atoms with Gasteiger partial charge in [0.05, 0.1) is 0 Å². The van der Waals surface area contributed by atoms with Crippen LogP contribution in [0.5, 0.6) is 0 Å². The lowest BCUT2D eigenvalue weighted by atomic mass is 10.3. The van der Waals surface area contributed by atoms with Crippen LogP contribution in [0.3, 0.4) is 0 Å². The van der Waals surface area contributed by atoms with Crippen molar-refractivity contribution in [2.45, 2.75) is 19.8 Å². The van der Waals surface area contributed by atoms with E-state index in [2.05, 4.69) is 37.3 Å². The van der Waals surface area contributed by atoms with Crippen molar-refractivity contribution in [3.63, 3.8) is 0 Å². The predicted octanol–water partition coefficient (Wildman–Crippen LogP) is 3.53.